The van der Waals surface area contributed by atoms with Crippen LogP contribution in [0, 0.1) is 0 Å². The summed E-state index contributed by atoms with van der Waals surface area (Å²) in [7, 11) is 0. The first-order valence-corrected chi connectivity index (χ1v) is 7.80. The lowest BCUT2D eigenvalue weighted by atomic mass is 10.2. The number of hydrogen-bond donors (Lipinski definition) is 3. The molecule has 0 saturated heterocycles. The highest BCUT2D eigenvalue weighted by Crippen LogP contribution is 2.13. The maximum atomic E-state index is 12.1. The summed E-state index contributed by atoms with van der Waals surface area (Å²) in [5.41, 5.74) is 4.97. The van der Waals surface area contributed by atoms with Gasteiger partial charge in [-0.05, 0) is 25.0 Å². The molecule has 24 heavy (non-hydrogen) atoms. The molecule has 0 saturated carbocycles. The van der Waals surface area contributed by atoms with Gasteiger partial charge in [-0.1, -0.05) is 0 Å². The van der Waals surface area contributed by atoms with Gasteiger partial charge >= 0.3 is 0 Å². The minimum atomic E-state index is -0.231. The van der Waals surface area contributed by atoms with Crippen LogP contribution in [-0.4, -0.2) is 46.7 Å². The molecule has 8 nitrogen and oxygen atoms in total. The predicted octanol–water partition coefficient (Wildman–Crippen LogP) is 0.511. The summed E-state index contributed by atoms with van der Waals surface area (Å²) in [5, 5.41) is 4.84. The van der Waals surface area contributed by atoms with Crippen molar-refractivity contribution in [1.82, 2.24) is 25.7 Å². The highest BCUT2D eigenvalue weighted by Gasteiger charge is 2.13. The van der Waals surface area contributed by atoms with E-state index in [1.807, 2.05) is 12.1 Å². The molecule has 0 bridgehead atoms. The number of rotatable bonds is 11. The van der Waals surface area contributed by atoms with Crippen LogP contribution in [0.5, 0.6) is 0 Å². The van der Waals surface area contributed by atoms with Gasteiger partial charge < -0.3 is 15.1 Å². The normalized spacial score (nSPS) is 10.5. The second-order valence-corrected chi connectivity index (χ2v) is 5.30. The van der Waals surface area contributed by atoms with Gasteiger partial charge in [0.2, 0.25) is 6.41 Å². The number of aldehydes is 1. The molecular formula is C16H21N5O3. The third kappa shape index (κ3) is 5.17. The Morgan fingerprint density at radius 2 is 2.21 bits per heavy atom. The summed E-state index contributed by atoms with van der Waals surface area (Å²) in [6.45, 7) is 0.838. The zero-order valence-electron chi connectivity index (χ0n) is 13.3. The van der Waals surface area contributed by atoms with Crippen molar-refractivity contribution >= 4 is 29.5 Å². The number of hydrogen-bond acceptors (Lipinski definition) is 5. The molecule has 2 amide bonds. The summed E-state index contributed by atoms with van der Waals surface area (Å²) < 4.78 is 0. The van der Waals surface area contributed by atoms with Gasteiger partial charge in [0.15, 0.2) is 0 Å². The van der Waals surface area contributed by atoms with Crippen LogP contribution >= 0.6 is 0 Å². The lowest BCUT2D eigenvalue weighted by Gasteiger charge is -2.23. The van der Waals surface area contributed by atoms with Crippen molar-refractivity contribution in [2.45, 2.75) is 25.8 Å². The molecule has 0 aliphatic heterocycles. The molecular weight excluding hydrogens is 310 g/mol. The average Bonchev–Trinajstić information content (AvgIpc) is 3.02. The van der Waals surface area contributed by atoms with Gasteiger partial charge in [0.25, 0.3) is 5.91 Å². The molecule has 0 radical (unpaired) electrons. The Hall–Kier alpha value is -2.74. The number of carbonyl (C=O) groups excluding carboxylic acids is 3. The molecule has 128 valence electrons. The van der Waals surface area contributed by atoms with Crippen LogP contribution in [-0.2, 0) is 20.9 Å². The van der Waals surface area contributed by atoms with E-state index < -0.39 is 0 Å². The molecule has 0 spiro atoms. The van der Waals surface area contributed by atoms with E-state index in [1.165, 1.54) is 5.01 Å². The number of hydrazine groups is 1. The molecule has 8 heteroatoms. The Bertz CT molecular complexity index is 652. The number of pyridine rings is 1. The molecule has 0 unspecified atom stereocenters. The monoisotopic (exact) mass is 331 g/mol. The fraction of sp³-hybridized carbons (Fsp3) is 0.375. The van der Waals surface area contributed by atoms with E-state index in [0.717, 1.165) is 22.9 Å². The Kier molecular flexibility index (Phi) is 6.91. The number of nitrogens with one attached hydrogen (secondary N) is 3. The smallest absolute Gasteiger partial charge is 0.256 e. The number of aromatic nitrogens is 2. The van der Waals surface area contributed by atoms with Crippen LogP contribution in [0.2, 0.25) is 0 Å². The van der Waals surface area contributed by atoms with Crippen LogP contribution in [0.3, 0.4) is 0 Å². The summed E-state index contributed by atoms with van der Waals surface area (Å²) in [5.74, 6) is -0.231. The Labute approximate surface area is 139 Å². The van der Waals surface area contributed by atoms with Gasteiger partial charge in [0.05, 0.1) is 13.1 Å². The molecule has 0 fully saturated rings. The standard InChI is InChI=1S/C16H21N5O3/c22-7-3-1-2-6-21(16(24)11-18-12-23)19-10-14-8-13-9-17-5-4-15(13)20-14/h4-5,7-9,12,19-20H,1-3,6,10-11H2,(H,18,23). The highest BCUT2D eigenvalue weighted by molar-refractivity contribution is 5.80. The molecule has 2 rings (SSSR count). The summed E-state index contributed by atoms with van der Waals surface area (Å²) >= 11 is 0. The van der Waals surface area contributed by atoms with Crippen molar-refractivity contribution in [1.29, 1.82) is 0 Å². The van der Waals surface area contributed by atoms with Crippen molar-refractivity contribution in [2.24, 2.45) is 0 Å². The van der Waals surface area contributed by atoms with Crippen LogP contribution in [0.15, 0.2) is 24.5 Å². The number of unbranched alkanes of at least 4 members (excludes halogenated alkanes) is 2. The van der Waals surface area contributed by atoms with Crippen molar-refractivity contribution < 1.29 is 14.4 Å². The molecule has 0 atom stereocenters. The largest absolute Gasteiger partial charge is 0.357 e. The predicted molar refractivity (Wildman–Crippen MR) is 88.6 cm³/mol. The zero-order valence-corrected chi connectivity index (χ0v) is 13.3. The Balaban J connectivity index is 1.93. The summed E-state index contributed by atoms with van der Waals surface area (Å²) in [6, 6.07) is 3.85. The first kappa shape index (κ1) is 17.6. The van der Waals surface area contributed by atoms with Crippen LogP contribution in [0.4, 0.5) is 0 Å². The van der Waals surface area contributed by atoms with Crippen LogP contribution in [0.1, 0.15) is 25.0 Å². The van der Waals surface area contributed by atoms with E-state index in [4.69, 9.17) is 0 Å². The molecule has 0 aliphatic carbocycles. The van der Waals surface area contributed by atoms with Crippen molar-refractivity contribution in [2.75, 3.05) is 13.1 Å². The van der Waals surface area contributed by atoms with Crippen LogP contribution < -0.4 is 10.7 Å². The molecule has 2 heterocycles. The van der Waals surface area contributed by atoms with E-state index in [0.29, 0.717) is 38.8 Å². The number of fused-ring (bicyclic) bond motifs is 1. The zero-order chi connectivity index (χ0) is 17.2. The molecule has 2 aromatic rings. The van der Waals surface area contributed by atoms with Gasteiger partial charge in [-0.3, -0.25) is 19.6 Å². The van der Waals surface area contributed by atoms with Crippen LogP contribution in [0.25, 0.3) is 10.9 Å². The lowest BCUT2D eigenvalue weighted by Crippen LogP contribution is -2.46. The van der Waals surface area contributed by atoms with Crippen molar-refractivity contribution in [3.8, 4) is 0 Å². The SMILES string of the molecule is O=CCCCCN(NCc1cc2cnccc2[nH]1)C(=O)CNC=O. The topological polar surface area (TPSA) is 107 Å². The second kappa shape index (κ2) is 9.41. The third-order valence-corrected chi connectivity index (χ3v) is 3.53. The molecule has 0 aromatic carbocycles. The number of nitrogens with zero attached hydrogens (tertiary/aromatic N) is 2. The molecule has 3 N–H and O–H groups in total. The van der Waals surface area contributed by atoms with Crippen molar-refractivity contribution in [3.63, 3.8) is 0 Å². The van der Waals surface area contributed by atoms with E-state index in [-0.39, 0.29) is 12.5 Å². The van der Waals surface area contributed by atoms with Crippen molar-refractivity contribution in [3.05, 3.63) is 30.2 Å². The first-order valence-electron chi connectivity index (χ1n) is 7.80. The molecule has 0 aliphatic rings. The van der Waals surface area contributed by atoms with Gasteiger partial charge in [-0.2, -0.15) is 0 Å². The van der Waals surface area contributed by atoms with Gasteiger partial charge in [-0.25, -0.2) is 5.43 Å². The Morgan fingerprint density at radius 1 is 1.33 bits per heavy atom. The number of H-pyrrole nitrogens is 1. The van der Waals surface area contributed by atoms with E-state index in [9.17, 15) is 14.4 Å². The van der Waals surface area contributed by atoms with Gasteiger partial charge in [0.1, 0.15) is 6.29 Å². The van der Waals surface area contributed by atoms with Gasteiger partial charge in [-0.15, -0.1) is 0 Å². The summed E-state index contributed by atoms with van der Waals surface area (Å²) in [6.07, 6.45) is 6.74. The van der Waals surface area contributed by atoms with E-state index >= 15 is 0 Å². The minimum absolute atomic E-state index is 0.0686. The second-order valence-electron chi connectivity index (χ2n) is 5.30. The maximum Gasteiger partial charge on any atom is 0.256 e. The highest BCUT2D eigenvalue weighted by atomic mass is 16.2. The minimum Gasteiger partial charge on any atom is -0.357 e. The lowest BCUT2D eigenvalue weighted by molar-refractivity contribution is -0.134. The summed E-state index contributed by atoms with van der Waals surface area (Å²) in [4.78, 5) is 40.2. The quantitative estimate of drug-likeness (QED) is 0.316. The number of aromatic amines is 1. The average molecular weight is 331 g/mol. The Morgan fingerprint density at radius 3 is 2.96 bits per heavy atom. The number of amides is 2. The molecule has 2 aromatic heterocycles. The fourth-order valence-corrected chi connectivity index (χ4v) is 2.32. The van der Waals surface area contributed by atoms with E-state index in [1.54, 1.807) is 12.4 Å². The first-order chi connectivity index (χ1) is 11.7. The van der Waals surface area contributed by atoms with Gasteiger partial charge in [0, 0.05) is 42.0 Å². The maximum absolute atomic E-state index is 12.1. The van der Waals surface area contributed by atoms with E-state index in [2.05, 4.69) is 20.7 Å². The third-order valence-electron chi connectivity index (χ3n) is 3.53. The fourth-order valence-electron chi connectivity index (χ4n) is 2.32. The number of carbonyl (C=O) groups is 3.